The molecule has 1 aliphatic heterocycles. The van der Waals surface area contributed by atoms with E-state index >= 15 is 0 Å². The number of pyridine rings is 1. The number of amides is 1. The van der Waals surface area contributed by atoms with E-state index < -0.39 is 0 Å². The summed E-state index contributed by atoms with van der Waals surface area (Å²) in [7, 11) is 3.31. The summed E-state index contributed by atoms with van der Waals surface area (Å²) >= 11 is 5.88. The van der Waals surface area contributed by atoms with Crippen LogP contribution in [0.2, 0.25) is 0 Å². The van der Waals surface area contributed by atoms with E-state index in [9.17, 15) is 4.79 Å². The van der Waals surface area contributed by atoms with E-state index in [0.29, 0.717) is 29.6 Å². The molecular weight excluding hydrogens is 474 g/mol. The van der Waals surface area contributed by atoms with Crippen molar-refractivity contribution in [2.75, 3.05) is 31.0 Å². The molecule has 1 amide bonds. The third-order valence-electron chi connectivity index (χ3n) is 6.61. The lowest BCUT2D eigenvalue weighted by Crippen LogP contribution is -2.29. The molecule has 1 saturated heterocycles. The zero-order valence-electron chi connectivity index (χ0n) is 21.4. The predicted molar refractivity (Wildman–Crippen MR) is 146 cm³/mol. The van der Waals surface area contributed by atoms with E-state index in [1.807, 2.05) is 43.3 Å². The summed E-state index contributed by atoms with van der Waals surface area (Å²) in [5, 5.41) is 7.01. The van der Waals surface area contributed by atoms with Crippen molar-refractivity contribution in [3.63, 3.8) is 0 Å². The van der Waals surface area contributed by atoms with Crippen LogP contribution in [0.25, 0.3) is 0 Å². The molecule has 2 aromatic heterocycles. The molecule has 1 fully saturated rings. The number of nitrogens with zero attached hydrogens (tertiary/aromatic N) is 3. The first-order valence-corrected chi connectivity index (χ1v) is 12.4. The number of anilines is 2. The van der Waals surface area contributed by atoms with Gasteiger partial charge in [-0.2, -0.15) is 0 Å². The number of hydrogen-bond acceptors (Lipinski definition) is 5. The Bertz CT molecular complexity index is 1240. The Kier molecular flexibility index (Phi) is 7.91. The Balaban J connectivity index is 1.82. The molecule has 2 atom stereocenters. The average molecular weight is 508 g/mol. The second kappa shape index (κ2) is 11.1. The number of carbonyl (C=O) groups is 1. The molecule has 3 heterocycles. The summed E-state index contributed by atoms with van der Waals surface area (Å²) in [5.74, 6) is 0.499. The van der Waals surface area contributed by atoms with Gasteiger partial charge in [0, 0.05) is 49.4 Å². The largest absolute Gasteiger partial charge is 0.494 e. The topological polar surface area (TPSA) is 80.7 Å². The number of carbonyl (C=O) groups excluding carboxylic acids is 1. The molecule has 9 heteroatoms. The third-order valence-corrected chi connectivity index (χ3v) is 6.92. The van der Waals surface area contributed by atoms with Crippen molar-refractivity contribution in [2.24, 2.45) is 0 Å². The summed E-state index contributed by atoms with van der Waals surface area (Å²) in [6.07, 6.45) is 2.19. The van der Waals surface area contributed by atoms with Gasteiger partial charge in [0.1, 0.15) is 5.75 Å². The molecule has 8 nitrogen and oxygen atoms in total. The molecule has 0 saturated carbocycles. The van der Waals surface area contributed by atoms with Crippen LogP contribution in [0.1, 0.15) is 48.1 Å². The number of thiocarbonyl (C=S) groups is 1. The van der Waals surface area contributed by atoms with E-state index in [-0.39, 0.29) is 18.0 Å². The first kappa shape index (κ1) is 25.7. The van der Waals surface area contributed by atoms with Crippen LogP contribution in [0.3, 0.4) is 0 Å². The normalized spacial score (nSPS) is 17.2. The van der Waals surface area contributed by atoms with Crippen LogP contribution < -0.4 is 20.3 Å². The molecule has 0 spiro atoms. The van der Waals surface area contributed by atoms with Gasteiger partial charge in [0.05, 0.1) is 37.2 Å². The predicted octanol–water partition coefficient (Wildman–Crippen LogP) is 4.68. The first-order valence-electron chi connectivity index (χ1n) is 12.0. The van der Waals surface area contributed by atoms with Crippen molar-refractivity contribution in [3.05, 3.63) is 71.3 Å². The van der Waals surface area contributed by atoms with Crippen LogP contribution >= 0.6 is 12.2 Å². The maximum atomic E-state index is 12.0. The van der Waals surface area contributed by atoms with E-state index in [1.54, 1.807) is 20.4 Å². The minimum Gasteiger partial charge on any atom is -0.494 e. The summed E-state index contributed by atoms with van der Waals surface area (Å²) in [5.41, 5.74) is 5.88. The van der Waals surface area contributed by atoms with Crippen molar-refractivity contribution in [1.29, 1.82) is 0 Å². The van der Waals surface area contributed by atoms with Crippen molar-refractivity contribution in [2.45, 2.75) is 45.8 Å². The number of rotatable bonds is 9. The van der Waals surface area contributed by atoms with E-state index in [4.69, 9.17) is 21.7 Å². The highest BCUT2D eigenvalue weighted by molar-refractivity contribution is 7.80. The van der Waals surface area contributed by atoms with E-state index in [0.717, 1.165) is 34.9 Å². The highest BCUT2D eigenvalue weighted by Crippen LogP contribution is 2.44. The summed E-state index contributed by atoms with van der Waals surface area (Å²) in [4.78, 5) is 18.8. The monoisotopic (exact) mass is 507 g/mol. The minimum absolute atomic E-state index is 0.0731. The molecule has 4 rings (SSSR count). The van der Waals surface area contributed by atoms with Gasteiger partial charge >= 0.3 is 0 Å². The smallest absolute Gasteiger partial charge is 0.224 e. The van der Waals surface area contributed by atoms with Gasteiger partial charge < -0.3 is 29.6 Å². The van der Waals surface area contributed by atoms with Gasteiger partial charge in [0.25, 0.3) is 0 Å². The molecule has 0 radical (unpaired) electrons. The highest BCUT2D eigenvalue weighted by atomic mass is 32.1. The van der Waals surface area contributed by atoms with Crippen molar-refractivity contribution in [3.8, 4) is 5.75 Å². The highest BCUT2D eigenvalue weighted by Gasteiger charge is 2.42. The SMILES string of the molecule is CCC(=O)Nc1ccc(N2C(=S)N[C@@H](c3ccccn3)[C@@H]2c2cc(C)n(CCOC)c2C)cc1OC. The van der Waals surface area contributed by atoms with Gasteiger partial charge in [-0.3, -0.25) is 9.78 Å². The molecule has 0 aliphatic carbocycles. The van der Waals surface area contributed by atoms with Crippen LogP contribution in [0, 0.1) is 13.8 Å². The van der Waals surface area contributed by atoms with Crippen LogP contribution in [0.15, 0.2) is 48.7 Å². The minimum atomic E-state index is -0.152. The zero-order chi connectivity index (χ0) is 25.8. The molecule has 1 aliphatic rings. The maximum Gasteiger partial charge on any atom is 0.224 e. The molecule has 1 aromatic carbocycles. The standard InChI is InChI=1S/C27H33N5O3S/c1-6-24(33)29-21-11-10-19(16-23(21)35-5)32-26(20-15-17(2)31(18(20)3)13-14-34-4)25(30-27(32)36)22-9-7-8-12-28-22/h7-12,15-16,25-26H,6,13-14H2,1-5H3,(H,29,33)(H,30,36)/t25-,26-/m0/s1. The van der Waals surface area contributed by atoms with E-state index in [1.165, 1.54) is 0 Å². The fourth-order valence-electron chi connectivity index (χ4n) is 4.77. The van der Waals surface area contributed by atoms with Crippen LogP contribution in [-0.4, -0.2) is 41.4 Å². The van der Waals surface area contributed by atoms with E-state index in [2.05, 4.69) is 45.0 Å². The molecule has 0 bridgehead atoms. The Labute approximate surface area is 217 Å². The lowest BCUT2D eigenvalue weighted by molar-refractivity contribution is -0.115. The van der Waals surface area contributed by atoms with Crippen LogP contribution in [0.5, 0.6) is 5.75 Å². The van der Waals surface area contributed by atoms with Gasteiger partial charge in [-0.15, -0.1) is 0 Å². The van der Waals surface area contributed by atoms with Crippen molar-refractivity contribution in [1.82, 2.24) is 14.9 Å². The second-order valence-electron chi connectivity index (χ2n) is 8.75. The lowest BCUT2D eigenvalue weighted by Gasteiger charge is -2.29. The number of ether oxygens (including phenoxy) is 2. The van der Waals surface area contributed by atoms with Crippen LogP contribution in [-0.2, 0) is 16.1 Å². The fourth-order valence-corrected chi connectivity index (χ4v) is 5.12. The first-order chi connectivity index (χ1) is 17.4. The number of hydrogen-bond donors (Lipinski definition) is 2. The molecule has 0 unspecified atom stereocenters. The molecule has 190 valence electrons. The third kappa shape index (κ3) is 4.94. The number of aryl methyl sites for hydroxylation is 1. The quantitative estimate of drug-likeness (QED) is 0.407. The Morgan fingerprint density at radius 1 is 1.19 bits per heavy atom. The zero-order valence-corrected chi connectivity index (χ0v) is 22.2. The fraction of sp³-hybridized carbons (Fsp3) is 0.370. The van der Waals surface area contributed by atoms with Crippen LogP contribution in [0.4, 0.5) is 11.4 Å². The molecule has 2 N–H and O–H groups in total. The average Bonchev–Trinajstić information content (AvgIpc) is 3.38. The summed E-state index contributed by atoms with van der Waals surface area (Å²) in [6.45, 7) is 7.47. The van der Waals surface area contributed by atoms with Gasteiger partial charge in [-0.25, -0.2) is 0 Å². The maximum absolute atomic E-state index is 12.0. The Hall–Kier alpha value is -3.43. The van der Waals surface area contributed by atoms with Gasteiger partial charge in [0.2, 0.25) is 5.91 Å². The van der Waals surface area contributed by atoms with Crippen molar-refractivity contribution < 1.29 is 14.3 Å². The Morgan fingerprint density at radius 3 is 2.67 bits per heavy atom. The summed E-state index contributed by atoms with van der Waals surface area (Å²) < 4.78 is 13.3. The van der Waals surface area contributed by atoms with Gasteiger partial charge in [-0.1, -0.05) is 13.0 Å². The molecule has 3 aromatic rings. The number of aromatic nitrogens is 2. The molecule has 36 heavy (non-hydrogen) atoms. The lowest BCUT2D eigenvalue weighted by atomic mass is 9.96. The second-order valence-corrected chi connectivity index (χ2v) is 9.14. The number of benzene rings is 1. The van der Waals surface area contributed by atoms with Crippen molar-refractivity contribution >= 4 is 34.6 Å². The molecular formula is C27H33N5O3S. The van der Waals surface area contributed by atoms with Gasteiger partial charge in [0.15, 0.2) is 5.11 Å². The number of nitrogens with one attached hydrogen (secondary N) is 2. The number of methoxy groups -OCH3 is 2. The summed E-state index contributed by atoms with van der Waals surface area (Å²) in [6, 6.07) is 13.6. The Morgan fingerprint density at radius 2 is 2.00 bits per heavy atom. The van der Waals surface area contributed by atoms with Gasteiger partial charge in [-0.05, 0) is 62.0 Å².